The topological polar surface area (TPSA) is 84.9 Å². The Morgan fingerprint density at radius 1 is 0.963 bits per heavy atom. The molecule has 0 aliphatic heterocycles. The lowest BCUT2D eigenvalue weighted by Crippen LogP contribution is -2.46. The highest BCUT2D eigenvalue weighted by Gasteiger charge is 2.28. The van der Waals surface area contributed by atoms with Crippen LogP contribution in [0.15, 0.2) is 60.7 Å². The summed E-state index contributed by atoms with van der Waals surface area (Å²) in [6.07, 6.45) is -1.45. The predicted molar refractivity (Wildman–Crippen MR) is 101 cm³/mol. The zero-order chi connectivity index (χ0) is 19.9. The average molecular weight is 371 g/mol. The van der Waals surface area contributed by atoms with Gasteiger partial charge in [0.05, 0.1) is 6.61 Å². The van der Waals surface area contributed by atoms with Crippen molar-refractivity contribution in [3.8, 4) is 0 Å². The van der Waals surface area contributed by atoms with Crippen LogP contribution < -0.4 is 5.32 Å². The molecule has 2 N–H and O–H groups in total. The van der Waals surface area contributed by atoms with Crippen LogP contribution in [0.4, 0.5) is 4.79 Å². The van der Waals surface area contributed by atoms with Crippen LogP contribution in [0.25, 0.3) is 0 Å². The summed E-state index contributed by atoms with van der Waals surface area (Å²) in [7, 11) is 0. The molecule has 0 aliphatic rings. The molecule has 144 valence electrons. The van der Waals surface area contributed by atoms with Gasteiger partial charge in [-0.3, -0.25) is 0 Å². The monoisotopic (exact) mass is 371 g/mol. The Kier molecular flexibility index (Phi) is 6.96. The molecule has 0 bridgehead atoms. The minimum Gasteiger partial charge on any atom is -0.451 e. The van der Waals surface area contributed by atoms with Crippen molar-refractivity contribution in [3.05, 3.63) is 71.8 Å². The van der Waals surface area contributed by atoms with Crippen LogP contribution in [0.1, 0.15) is 38.0 Å². The summed E-state index contributed by atoms with van der Waals surface area (Å²) in [5.74, 6) is -0.749. The second-order valence-corrected chi connectivity index (χ2v) is 7.02. The molecule has 6 heteroatoms. The molecule has 2 aromatic rings. The largest absolute Gasteiger partial charge is 0.451 e. The van der Waals surface area contributed by atoms with E-state index in [9.17, 15) is 14.7 Å². The first-order chi connectivity index (χ1) is 12.8. The molecule has 0 radical (unpaired) electrons. The normalized spacial score (nSPS) is 12.3. The van der Waals surface area contributed by atoms with Crippen LogP contribution in [-0.2, 0) is 14.3 Å². The Morgan fingerprint density at radius 3 is 1.85 bits per heavy atom. The molecule has 6 nitrogen and oxygen atoms in total. The molecule has 0 aliphatic carbocycles. The summed E-state index contributed by atoms with van der Waals surface area (Å²) < 4.78 is 10.8. The molecule has 1 amide bonds. The highest BCUT2D eigenvalue weighted by Crippen LogP contribution is 2.26. The number of carbonyl (C=O) groups is 2. The highest BCUT2D eigenvalue weighted by atomic mass is 16.6. The Balaban J connectivity index is 2.16. The molecular formula is C21H25NO5. The van der Waals surface area contributed by atoms with Crippen LogP contribution in [0.5, 0.6) is 0 Å². The molecule has 0 saturated heterocycles. The summed E-state index contributed by atoms with van der Waals surface area (Å²) >= 11 is 0. The lowest BCUT2D eigenvalue weighted by Gasteiger charge is -2.24. The van der Waals surface area contributed by atoms with Crippen LogP contribution in [0.3, 0.4) is 0 Å². The first kappa shape index (κ1) is 20.5. The van der Waals surface area contributed by atoms with Gasteiger partial charge in [-0.05, 0) is 31.9 Å². The first-order valence-electron chi connectivity index (χ1n) is 8.71. The van der Waals surface area contributed by atoms with Crippen LogP contribution in [0, 0.1) is 0 Å². The van der Waals surface area contributed by atoms with E-state index in [0.29, 0.717) is 0 Å². The maximum absolute atomic E-state index is 12.6. The predicted octanol–water partition coefficient (Wildman–Crippen LogP) is 3.20. The fourth-order valence-electron chi connectivity index (χ4n) is 2.41. The fraction of sp³-hybridized carbons (Fsp3) is 0.333. The van der Waals surface area contributed by atoms with Crippen molar-refractivity contribution < 1.29 is 24.2 Å². The third kappa shape index (κ3) is 6.42. The van der Waals surface area contributed by atoms with Gasteiger partial charge in [0, 0.05) is 0 Å². The van der Waals surface area contributed by atoms with Crippen LogP contribution in [0.2, 0.25) is 0 Å². The van der Waals surface area contributed by atoms with Crippen molar-refractivity contribution in [2.75, 3.05) is 6.61 Å². The minimum absolute atomic E-state index is 0.603. The molecule has 1 atom stereocenters. The number of carbonyl (C=O) groups excluding carboxylic acids is 2. The van der Waals surface area contributed by atoms with Gasteiger partial charge in [0.15, 0.2) is 12.1 Å². The van der Waals surface area contributed by atoms with Gasteiger partial charge < -0.3 is 19.9 Å². The lowest BCUT2D eigenvalue weighted by molar-refractivity contribution is -0.151. The number of aliphatic hydroxyl groups excluding tert-OH is 1. The van der Waals surface area contributed by atoms with Crippen molar-refractivity contribution in [3.63, 3.8) is 0 Å². The number of ether oxygens (including phenoxy) is 2. The van der Waals surface area contributed by atoms with Crippen molar-refractivity contribution in [2.24, 2.45) is 0 Å². The lowest BCUT2D eigenvalue weighted by atomic mass is 10.0. The second kappa shape index (κ2) is 9.19. The quantitative estimate of drug-likeness (QED) is 0.762. The maximum atomic E-state index is 12.6. The number of alkyl carbamates (subject to hydrolysis) is 1. The maximum Gasteiger partial charge on any atom is 0.408 e. The van der Waals surface area contributed by atoms with E-state index in [1.54, 1.807) is 20.8 Å². The van der Waals surface area contributed by atoms with Crippen LogP contribution >= 0.6 is 0 Å². The number of hydrogen-bond donors (Lipinski definition) is 2. The molecule has 0 saturated carbocycles. The molecule has 27 heavy (non-hydrogen) atoms. The number of nitrogens with one attached hydrogen (secondary N) is 1. The number of aliphatic hydroxyl groups is 1. The van der Waals surface area contributed by atoms with Gasteiger partial charge in [0.1, 0.15) is 5.60 Å². The van der Waals surface area contributed by atoms with Crippen molar-refractivity contribution >= 4 is 12.1 Å². The van der Waals surface area contributed by atoms with E-state index in [-0.39, 0.29) is 0 Å². The van der Waals surface area contributed by atoms with Gasteiger partial charge in [0.25, 0.3) is 0 Å². The number of benzene rings is 2. The van der Waals surface area contributed by atoms with Crippen molar-refractivity contribution in [1.82, 2.24) is 5.32 Å². The minimum atomic E-state index is -1.23. The third-order valence-corrected chi connectivity index (χ3v) is 3.60. The summed E-state index contributed by atoms with van der Waals surface area (Å²) in [5.41, 5.74) is 0.849. The van der Waals surface area contributed by atoms with Crippen molar-refractivity contribution in [2.45, 2.75) is 38.5 Å². The molecule has 2 rings (SSSR count). The smallest absolute Gasteiger partial charge is 0.408 e. The van der Waals surface area contributed by atoms with Gasteiger partial charge in [0.2, 0.25) is 0 Å². The fourth-order valence-corrected chi connectivity index (χ4v) is 2.41. The summed E-state index contributed by atoms with van der Waals surface area (Å²) in [6, 6.07) is 17.3. The van der Waals surface area contributed by atoms with E-state index in [0.717, 1.165) is 11.1 Å². The molecule has 0 spiro atoms. The third-order valence-electron chi connectivity index (χ3n) is 3.60. The van der Waals surface area contributed by atoms with E-state index in [1.165, 1.54) is 0 Å². The summed E-state index contributed by atoms with van der Waals surface area (Å²) in [6.45, 7) is 4.52. The molecule has 0 fully saturated rings. The van der Waals surface area contributed by atoms with E-state index in [4.69, 9.17) is 9.47 Å². The van der Waals surface area contributed by atoms with Gasteiger partial charge in [-0.15, -0.1) is 0 Å². The molecule has 0 heterocycles. The van der Waals surface area contributed by atoms with Gasteiger partial charge >= 0.3 is 12.1 Å². The standard InChI is InChI=1S/C21H25NO5/c1-21(2,3)27-20(25)22-17(14-23)19(24)26-18(15-10-6-4-7-11-15)16-12-8-5-9-13-16/h4-13,17-18,23H,14H2,1-3H3,(H,22,25). The van der Waals surface area contributed by atoms with E-state index < -0.39 is 36.4 Å². The van der Waals surface area contributed by atoms with E-state index in [1.807, 2.05) is 60.7 Å². The molecule has 2 aromatic carbocycles. The number of rotatable bonds is 6. The average Bonchev–Trinajstić information content (AvgIpc) is 2.64. The zero-order valence-electron chi connectivity index (χ0n) is 15.7. The second-order valence-electron chi connectivity index (χ2n) is 7.02. The van der Waals surface area contributed by atoms with E-state index >= 15 is 0 Å². The number of hydrogen-bond acceptors (Lipinski definition) is 5. The molecule has 0 aromatic heterocycles. The van der Waals surface area contributed by atoms with Crippen LogP contribution in [-0.4, -0.2) is 35.4 Å². The summed E-state index contributed by atoms with van der Waals surface area (Å²) in [5, 5.41) is 11.9. The Morgan fingerprint density at radius 2 is 1.44 bits per heavy atom. The highest BCUT2D eigenvalue weighted by molar-refractivity contribution is 5.82. The molecule has 1 unspecified atom stereocenters. The zero-order valence-corrected chi connectivity index (χ0v) is 15.7. The van der Waals surface area contributed by atoms with Gasteiger partial charge in [-0.25, -0.2) is 9.59 Å². The summed E-state index contributed by atoms with van der Waals surface area (Å²) in [4.78, 5) is 24.5. The Hall–Kier alpha value is -2.86. The van der Waals surface area contributed by atoms with Crippen molar-refractivity contribution in [1.29, 1.82) is 0 Å². The van der Waals surface area contributed by atoms with Gasteiger partial charge in [-0.2, -0.15) is 0 Å². The Labute approximate surface area is 159 Å². The first-order valence-corrected chi connectivity index (χ1v) is 8.71. The Bertz CT molecular complexity index is 701. The van der Waals surface area contributed by atoms with E-state index in [2.05, 4.69) is 5.32 Å². The van der Waals surface area contributed by atoms with Gasteiger partial charge in [-0.1, -0.05) is 60.7 Å². The number of esters is 1. The SMILES string of the molecule is CC(C)(C)OC(=O)NC(CO)C(=O)OC(c1ccccc1)c1ccccc1. The number of amides is 1. The molecular weight excluding hydrogens is 346 g/mol.